The number of nitrogens with zero attached hydrogens (tertiary/aromatic N) is 4. The first-order chi connectivity index (χ1) is 15.2. The highest BCUT2D eigenvalue weighted by atomic mass is 32.2. The van der Waals surface area contributed by atoms with E-state index in [4.69, 9.17) is 4.98 Å². The molecule has 2 aromatic carbocycles. The van der Waals surface area contributed by atoms with Crippen LogP contribution in [0.1, 0.15) is 33.9 Å². The van der Waals surface area contributed by atoms with E-state index in [1.54, 1.807) is 23.5 Å². The Morgan fingerprint density at radius 2 is 1.78 bits per heavy atom. The molecule has 1 atom stereocenters. The molecule has 0 radical (unpaired) electrons. The minimum Gasteiger partial charge on any atom is -0.336 e. The Morgan fingerprint density at radius 1 is 1.09 bits per heavy atom. The minimum atomic E-state index is -3.59. The van der Waals surface area contributed by atoms with Gasteiger partial charge in [0.15, 0.2) is 0 Å². The molecule has 1 saturated heterocycles. The Kier molecular flexibility index (Phi) is 6.35. The molecular formula is C23H28N4O3S2. The number of carbonyl (C=O) groups excluding carboxylic acids is 1. The molecule has 1 aromatic heterocycles. The summed E-state index contributed by atoms with van der Waals surface area (Å²) in [6, 6.07) is 13.1. The monoisotopic (exact) mass is 472 g/mol. The van der Waals surface area contributed by atoms with Crippen LogP contribution in [0.5, 0.6) is 0 Å². The number of piperazine rings is 1. The van der Waals surface area contributed by atoms with E-state index in [9.17, 15) is 13.2 Å². The van der Waals surface area contributed by atoms with E-state index in [1.165, 1.54) is 24.9 Å². The molecule has 0 bridgehead atoms. The summed E-state index contributed by atoms with van der Waals surface area (Å²) in [5, 5.41) is 1.09. The number of sulfonamides is 1. The first-order valence-electron chi connectivity index (χ1n) is 10.6. The van der Waals surface area contributed by atoms with Gasteiger partial charge in [0.25, 0.3) is 5.91 Å². The van der Waals surface area contributed by atoms with Crippen molar-refractivity contribution in [2.24, 2.45) is 0 Å². The van der Waals surface area contributed by atoms with Crippen molar-refractivity contribution in [3.8, 4) is 0 Å². The summed E-state index contributed by atoms with van der Waals surface area (Å²) >= 11 is 1.72. The lowest BCUT2D eigenvalue weighted by atomic mass is 10.1. The number of para-hydroxylation sites is 1. The van der Waals surface area contributed by atoms with Gasteiger partial charge in [-0.15, -0.1) is 11.3 Å². The third kappa shape index (κ3) is 4.30. The molecule has 0 aliphatic carbocycles. The molecule has 1 aliphatic rings. The number of rotatable bonds is 5. The number of benzene rings is 2. The van der Waals surface area contributed by atoms with Crippen molar-refractivity contribution in [3.05, 3.63) is 58.6 Å². The maximum absolute atomic E-state index is 13.2. The van der Waals surface area contributed by atoms with Gasteiger partial charge in [0.2, 0.25) is 10.0 Å². The van der Waals surface area contributed by atoms with Gasteiger partial charge in [0.05, 0.1) is 21.2 Å². The van der Waals surface area contributed by atoms with Crippen LogP contribution in [-0.4, -0.2) is 73.7 Å². The van der Waals surface area contributed by atoms with Crippen molar-refractivity contribution in [2.45, 2.75) is 24.8 Å². The maximum Gasteiger partial charge on any atom is 0.254 e. The zero-order valence-corrected chi connectivity index (χ0v) is 20.4. The standard InChI is InChI=1S/C23H28N4O3S2/c1-16-9-10-18(32(29,30)25(3)4)15-19(16)23(28)27-13-11-26(12-14-27)17(2)22-24-20-7-5-6-8-21(20)31-22/h5-10,15,17H,11-14H2,1-4H3/t17-/m1/s1. The van der Waals surface area contributed by atoms with Crippen molar-refractivity contribution >= 4 is 37.5 Å². The number of amides is 1. The second-order valence-corrected chi connectivity index (χ2v) is 11.5. The molecule has 0 N–H and O–H groups in total. The van der Waals surface area contributed by atoms with Gasteiger partial charge in [-0.3, -0.25) is 9.69 Å². The van der Waals surface area contributed by atoms with Gasteiger partial charge in [0, 0.05) is 45.8 Å². The SMILES string of the molecule is Cc1ccc(S(=O)(=O)N(C)C)cc1C(=O)N1CCN([C@H](C)c2nc3ccccc3s2)CC1. The minimum absolute atomic E-state index is 0.120. The van der Waals surface area contributed by atoms with E-state index in [-0.39, 0.29) is 16.8 Å². The summed E-state index contributed by atoms with van der Waals surface area (Å²) in [6.45, 7) is 6.69. The summed E-state index contributed by atoms with van der Waals surface area (Å²) in [7, 11) is -0.616. The fraction of sp³-hybridized carbons (Fsp3) is 0.391. The Morgan fingerprint density at radius 3 is 2.44 bits per heavy atom. The molecule has 7 nitrogen and oxygen atoms in total. The topological polar surface area (TPSA) is 73.8 Å². The van der Waals surface area contributed by atoms with Crippen molar-refractivity contribution in [3.63, 3.8) is 0 Å². The van der Waals surface area contributed by atoms with E-state index in [0.717, 1.165) is 33.5 Å². The van der Waals surface area contributed by atoms with Gasteiger partial charge >= 0.3 is 0 Å². The van der Waals surface area contributed by atoms with Gasteiger partial charge in [-0.1, -0.05) is 18.2 Å². The fourth-order valence-electron chi connectivity index (χ4n) is 3.91. The van der Waals surface area contributed by atoms with E-state index in [0.29, 0.717) is 18.7 Å². The van der Waals surface area contributed by atoms with Gasteiger partial charge in [0.1, 0.15) is 5.01 Å². The van der Waals surface area contributed by atoms with Crippen LogP contribution in [0.15, 0.2) is 47.4 Å². The third-order valence-electron chi connectivity index (χ3n) is 6.04. The number of hydrogen-bond acceptors (Lipinski definition) is 6. The highest BCUT2D eigenvalue weighted by Gasteiger charge is 2.28. The maximum atomic E-state index is 13.2. The molecule has 170 valence electrons. The molecule has 4 rings (SSSR count). The molecule has 1 fully saturated rings. The molecule has 3 aromatic rings. The third-order valence-corrected chi connectivity index (χ3v) is 9.05. The molecule has 32 heavy (non-hydrogen) atoms. The van der Waals surface area contributed by atoms with Crippen molar-refractivity contribution in [1.29, 1.82) is 0 Å². The van der Waals surface area contributed by atoms with E-state index < -0.39 is 10.0 Å². The number of aromatic nitrogens is 1. The molecule has 0 unspecified atom stereocenters. The highest BCUT2D eigenvalue weighted by Crippen LogP contribution is 2.30. The Labute approximate surface area is 193 Å². The number of aryl methyl sites for hydroxylation is 1. The van der Waals surface area contributed by atoms with Crippen LogP contribution >= 0.6 is 11.3 Å². The Bertz CT molecular complexity index is 1210. The number of carbonyl (C=O) groups is 1. The van der Waals surface area contributed by atoms with Crippen molar-refractivity contribution < 1.29 is 13.2 Å². The van der Waals surface area contributed by atoms with Gasteiger partial charge in [-0.2, -0.15) is 0 Å². The summed E-state index contributed by atoms with van der Waals surface area (Å²) in [5.41, 5.74) is 2.25. The van der Waals surface area contributed by atoms with E-state index in [2.05, 4.69) is 17.9 Å². The predicted molar refractivity (Wildman–Crippen MR) is 128 cm³/mol. The molecule has 1 aliphatic heterocycles. The fourth-order valence-corrected chi connectivity index (χ4v) is 5.89. The van der Waals surface area contributed by atoms with Gasteiger partial charge in [-0.05, 0) is 43.7 Å². The Hall–Kier alpha value is -2.33. The second kappa shape index (κ2) is 8.90. The number of thiazole rings is 1. The normalized spacial score (nSPS) is 16.6. The van der Waals surface area contributed by atoms with Crippen LogP contribution in [-0.2, 0) is 10.0 Å². The first-order valence-corrected chi connectivity index (χ1v) is 12.9. The molecular weight excluding hydrogens is 444 g/mol. The van der Waals surface area contributed by atoms with E-state index in [1.807, 2.05) is 30.0 Å². The van der Waals surface area contributed by atoms with Gasteiger partial charge < -0.3 is 4.90 Å². The van der Waals surface area contributed by atoms with Crippen LogP contribution in [0.3, 0.4) is 0 Å². The summed E-state index contributed by atoms with van der Waals surface area (Å²) in [5.74, 6) is -0.120. The van der Waals surface area contributed by atoms with Crippen LogP contribution < -0.4 is 0 Å². The van der Waals surface area contributed by atoms with Gasteiger partial charge in [-0.25, -0.2) is 17.7 Å². The lowest BCUT2D eigenvalue weighted by molar-refractivity contribution is 0.0581. The molecule has 0 spiro atoms. The Balaban J connectivity index is 1.47. The highest BCUT2D eigenvalue weighted by molar-refractivity contribution is 7.89. The summed E-state index contributed by atoms with van der Waals surface area (Å²) < 4.78 is 27.3. The lowest BCUT2D eigenvalue weighted by Gasteiger charge is -2.37. The molecule has 9 heteroatoms. The number of fused-ring (bicyclic) bond motifs is 1. The summed E-state index contributed by atoms with van der Waals surface area (Å²) in [4.78, 5) is 22.3. The van der Waals surface area contributed by atoms with Crippen LogP contribution in [0.2, 0.25) is 0 Å². The zero-order chi connectivity index (χ0) is 23.0. The zero-order valence-electron chi connectivity index (χ0n) is 18.8. The lowest BCUT2D eigenvalue weighted by Crippen LogP contribution is -2.49. The largest absolute Gasteiger partial charge is 0.336 e. The second-order valence-electron chi connectivity index (χ2n) is 8.29. The molecule has 1 amide bonds. The first kappa shape index (κ1) is 22.8. The molecule has 2 heterocycles. The van der Waals surface area contributed by atoms with E-state index >= 15 is 0 Å². The average Bonchev–Trinajstić information content (AvgIpc) is 3.22. The van der Waals surface area contributed by atoms with Crippen molar-refractivity contribution in [1.82, 2.24) is 19.1 Å². The average molecular weight is 473 g/mol. The summed E-state index contributed by atoms with van der Waals surface area (Å²) in [6.07, 6.45) is 0. The van der Waals surface area contributed by atoms with Crippen LogP contribution in [0.25, 0.3) is 10.2 Å². The van der Waals surface area contributed by atoms with Crippen molar-refractivity contribution in [2.75, 3.05) is 40.3 Å². The van der Waals surface area contributed by atoms with Crippen LogP contribution in [0.4, 0.5) is 0 Å². The van der Waals surface area contributed by atoms with Crippen LogP contribution in [0, 0.1) is 6.92 Å². The number of hydrogen-bond donors (Lipinski definition) is 0. The molecule has 0 saturated carbocycles. The smallest absolute Gasteiger partial charge is 0.254 e. The quantitative estimate of drug-likeness (QED) is 0.569. The predicted octanol–water partition coefficient (Wildman–Crippen LogP) is 3.37.